The third-order valence-corrected chi connectivity index (χ3v) is 6.23. The smallest absolute Gasteiger partial charge is 0.306 e. The van der Waals surface area contributed by atoms with Crippen LogP contribution in [-0.2, 0) is 4.79 Å². The van der Waals surface area contributed by atoms with Gasteiger partial charge in [-0.25, -0.2) is 0 Å². The fourth-order valence-corrected chi connectivity index (χ4v) is 4.21. The number of benzene rings is 3. The third-order valence-electron chi connectivity index (χ3n) is 5.98. The Bertz CT molecular complexity index is 1220. The zero-order chi connectivity index (χ0) is 24.2. The Hall–Kier alpha value is -3.77. The van der Waals surface area contributed by atoms with Crippen LogP contribution in [-0.4, -0.2) is 40.1 Å². The van der Waals surface area contributed by atoms with Gasteiger partial charge in [-0.2, -0.15) is 0 Å². The van der Waals surface area contributed by atoms with Crippen LogP contribution in [0, 0.1) is 5.92 Å². The lowest BCUT2D eigenvalue weighted by atomic mass is 9.93. The second kappa shape index (κ2) is 10.0. The van der Waals surface area contributed by atoms with E-state index in [1.807, 2.05) is 24.3 Å². The fourth-order valence-electron chi connectivity index (χ4n) is 4.08. The van der Waals surface area contributed by atoms with Crippen molar-refractivity contribution >= 4 is 35.2 Å². The topological polar surface area (TPSA) is 91.8 Å². The van der Waals surface area contributed by atoms with Crippen molar-refractivity contribution in [1.29, 1.82) is 0 Å². The first kappa shape index (κ1) is 23.4. The van der Waals surface area contributed by atoms with E-state index in [1.54, 1.807) is 48.5 Å². The van der Waals surface area contributed by atoms with Gasteiger partial charge < -0.3 is 5.11 Å². The number of carbonyl (C=O) groups excluding carboxylic acids is 3. The number of carboxylic acid groups (broad SMARTS) is 1. The van der Waals surface area contributed by atoms with Gasteiger partial charge in [0.15, 0.2) is 5.78 Å². The first-order chi connectivity index (χ1) is 16.3. The van der Waals surface area contributed by atoms with E-state index >= 15 is 0 Å². The summed E-state index contributed by atoms with van der Waals surface area (Å²) in [5.41, 5.74) is 3.03. The number of amides is 2. The second-order valence-electron chi connectivity index (χ2n) is 8.20. The van der Waals surface area contributed by atoms with Crippen molar-refractivity contribution in [2.45, 2.75) is 19.3 Å². The zero-order valence-corrected chi connectivity index (χ0v) is 19.0. The summed E-state index contributed by atoms with van der Waals surface area (Å²) >= 11 is 5.92. The normalized spacial score (nSPS) is 13.6. The standard InChI is InChI=1S/C27H22ClNO5/c28-21-13-11-18(12-14-21)17-7-9-19(10-8-17)24(30)16-20(27(33)34)4-3-15-29-25(31)22-5-1-2-6-23(22)26(29)32/h1-2,5-14,20H,3-4,15-16H2,(H,33,34)/t20-/m1/s1. The van der Waals surface area contributed by atoms with Crippen LogP contribution in [0.2, 0.25) is 5.02 Å². The van der Waals surface area contributed by atoms with E-state index in [-0.39, 0.29) is 37.0 Å². The molecule has 3 aromatic carbocycles. The Morgan fingerprint density at radius 3 is 1.88 bits per heavy atom. The molecule has 0 saturated heterocycles. The summed E-state index contributed by atoms with van der Waals surface area (Å²) in [5.74, 6) is -2.99. The van der Waals surface area contributed by atoms with Crippen LogP contribution in [0.1, 0.15) is 50.3 Å². The van der Waals surface area contributed by atoms with Crippen molar-refractivity contribution in [3.05, 3.63) is 94.5 Å². The average molecular weight is 476 g/mol. The quantitative estimate of drug-likeness (QED) is 0.332. The van der Waals surface area contributed by atoms with E-state index in [2.05, 4.69) is 0 Å². The number of nitrogens with zero attached hydrogens (tertiary/aromatic N) is 1. The van der Waals surface area contributed by atoms with Crippen LogP contribution < -0.4 is 0 Å². The molecular weight excluding hydrogens is 454 g/mol. The molecule has 2 amide bonds. The number of halogens is 1. The zero-order valence-electron chi connectivity index (χ0n) is 18.2. The van der Waals surface area contributed by atoms with Crippen LogP contribution in [0.5, 0.6) is 0 Å². The Labute approximate surface area is 201 Å². The molecular formula is C27H22ClNO5. The van der Waals surface area contributed by atoms with Gasteiger partial charge in [0.2, 0.25) is 0 Å². The summed E-state index contributed by atoms with van der Waals surface area (Å²) < 4.78 is 0. The number of carboxylic acids is 1. The highest BCUT2D eigenvalue weighted by Gasteiger charge is 2.35. The van der Waals surface area contributed by atoms with Gasteiger partial charge >= 0.3 is 5.97 Å². The molecule has 0 spiro atoms. The highest BCUT2D eigenvalue weighted by molar-refractivity contribution is 6.30. The SMILES string of the molecule is O=C(C[C@@H](CCCN1C(=O)c2ccccc2C1=O)C(=O)O)c1ccc(-c2ccc(Cl)cc2)cc1. The highest BCUT2D eigenvalue weighted by atomic mass is 35.5. The summed E-state index contributed by atoms with van der Waals surface area (Å²) in [7, 11) is 0. The number of imide groups is 1. The number of rotatable bonds is 9. The molecule has 1 heterocycles. The number of carbonyl (C=O) groups is 4. The molecule has 0 fully saturated rings. The number of ketones is 1. The first-order valence-electron chi connectivity index (χ1n) is 10.9. The van der Waals surface area contributed by atoms with Crippen molar-refractivity contribution in [2.75, 3.05) is 6.54 Å². The maximum Gasteiger partial charge on any atom is 0.306 e. The van der Waals surface area contributed by atoms with Crippen molar-refractivity contribution in [3.63, 3.8) is 0 Å². The molecule has 7 heteroatoms. The fraction of sp³-hybridized carbons (Fsp3) is 0.185. The molecule has 3 aromatic rings. The molecule has 0 saturated carbocycles. The van der Waals surface area contributed by atoms with Gasteiger partial charge in [-0.05, 0) is 48.2 Å². The van der Waals surface area contributed by atoms with Crippen LogP contribution in [0.3, 0.4) is 0 Å². The van der Waals surface area contributed by atoms with Crippen molar-refractivity contribution < 1.29 is 24.3 Å². The van der Waals surface area contributed by atoms with Gasteiger partial charge in [0.1, 0.15) is 0 Å². The van der Waals surface area contributed by atoms with Crippen LogP contribution in [0.4, 0.5) is 0 Å². The van der Waals surface area contributed by atoms with Crippen molar-refractivity contribution in [1.82, 2.24) is 4.90 Å². The van der Waals surface area contributed by atoms with E-state index in [1.165, 1.54) is 0 Å². The van der Waals surface area contributed by atoms with Crippen LogP contribution >= 0.6 is 11.6 Å². The van der Waals surface area contributed by atoms with Crippen LogP contribution in [0.25, 0.3) is 11.1 Å². The first-order valence-corrected chi connectivity index (χ1v) is 11.3. The lowest BCUT2D eigenvalue weighted by Crippen LogP contribution is -2.31. The number of hydrogen-bond donors (Lipinski definition) is 1. The maximum atomic E-state index is 12.7. The number of hydrogen-bond acceptors (Lipinski definition) is 4. The summed E-state index contributed by atoms with van der Waals surface area (Å²) in [5, 5.41) is 10.2. The predicted molar refractivity (Wildman–Crippen MR) is 128 cm³/mol. The molecule has 4 rings (SSSR count). The van der Waals surface area contributed by atoms with Gasteiger partial charge in [0, 0.05) is 23.6 Å². The third kappa shape index (κ3) is 4.92. The minimum Gasteiger partial charge on any atom is -0.481 e. The molecule has 172 valence electrons. The van der Waals surface area contributed by atoms with E-state index < -0.39 is 11.9 Å². The molecule has 6 nitrogen and oxygen atoms in total. The summed E-state index contributed by atoms with van der Waals surface area (Å²) in [6.45, 7) is 0.111. The molecule has 0 radical (unpaired) electrons. The van der Waals surface area contributed by atoms with Crippen molar-refractivity contribution in [2.24, 2.45) is 5.92 Å². The molecule has 0 aromatic heterocycles. The Morgan fingerprint density at radius 1 is 0.824 bits per heavy atom. The molecule has 0 bridgehead atoms. The van der Waals surface area contributed by atoms with Gasteiger partial charge in [-0.3, -0.25) is 24.1 Å². The molecule has 1 aliphatic heterocycles. The van der Waals surface area contributed by atoms with Gasteiger partial charge in [-0.15, -0.1) is 0 Å². The maximum absolute atomic E-state index is 12.7. The molecule has 1 atom stereocenters. The Balaban J connectivity index is 1.35. The monoisotopic (exact) mass is 475 g/mol. The van der Waals surface area contributed by atoms with E-state index in [4.69, 9.17) is 11.6 Å². The minimum absolute atomic E-state index is 0.111. The molecule has 1 N–H and O–H groups in total. The number of Topliss-reactive ketones (excluding diaryl/α,β-unsaturated/α-hetero) is 1. The Kier molecular flexibility index (Phi) is 6.89. The predicted octanol–water partition coefficient (Wildman–Crippen LogP) is 5.36. The van der Waals surface area contributed by atoms with Gasteiger partial charge in [0.25, 0.3) is 11.8 Å². The molecule has 1 aliphatic rings. The molecule has 34 heavy (non-hydrogen) atoms. The van der Waals surface area contributed by atoms with Crippen molar-refractivity contribution in [3.8, 4) is 11.1 Å². The second-order valence-corrected chi connectivity index (χ2v) is 8.63. The summed E-state index contributed by atoms with van der Waals surface area (Å²) in [6, 6.07) is 20.9. The molecule has 0 aliphatic carbocycles. The Morgan fingerprint density at radius 2 is 1.35 bits per heavy atom. The summed E-state index contributed by atoms with van der Waals surface area (Å²) in [4.78, 5) is 50.5. The average Bonchev–Trinajstić information content (AvgIpc) is 3.09. The number of aliphatic carboxylic acids is 1. The number of fused-ring (bicyclic) bond motifs is 1. The van der Waals surface area contributed by atoms with Gasteiger partial charge in [-0.1, -0.05) is 60.1 Å². The molecule has 0 unspecified atom stereocenters. The highest BCUT2D eigenvalue weighted by Crippen LogP contribution is 2.25. The van der Waals surface area contributed by atoms with E-state index in [9.17, 15) is 24.3 Å². The van der Waals surface area contributed by atoms with E-state index in [0.29, 0.717) is 28.1 Å². The van der Waals surface area contributed by atoms with Crippen LogP contribution in [0.15, 0.2) is 72.8 Å². The van der Waals surface area contributed by atoms with E-state index in [0.717, 1.165) is 16.0 Å². The largest absolute Gasteiger partial charge is 0.481 e. The lowest BCUT2D eigenvalue weighted by molar-refractivity contribution is -0.141. The minimum atomic E-state index is -1.08. The lowest BCUT2D eigenvalue weighted by Gasteiger charge is -2.16. The summed E-state index contributed by atoms with van der Waals surface area (Å²) in [6.07, 6.45) is 0.320. The van der Waals surface area contributed by atoms with Gasteiger partial charge in [0.05, 0.1) is 17.0 Å².